The number of carbonyl (C=O) groups is 1. The molecule has 1 aromatic carbocycles. The highest BCUT2D eigenvalue weighted by Crippen LogP contribution is 2.21. The molecule has 2 rings (SSSR count). The first-order valence-corrected chi connectivity index (χ1v) is 6.75. The Balaban J connectivity index is 2.07. The third kappa shape index (κ3) is 3.30. The molecule has 1 aliphatic heterocycles. The first kappa shape index (κ1) is 14.0. The monoisotopic (exact) mass is 278 g/mol. The first-order valence-electron chi connectivity index (χ1n) is 6.35. The molecule has 0 saturated carbocycles. The Morgan fingerprint density at radius 1 is 1.32 bits per heavy atom. The van der Waals surface area contributed by atoms with E-state index in [0.29, 0.717) is 18.2 Å². The molecule has 1 aromatic rings. The summed E-state index contributed by atoms with van der Waals surface area (Å²) in [7, 11) is 1.80. The standard InChI is InChI=1S/C14H18N2O2S/c1-16(14(17)11-6-8-18-9-7-11)12-4-2-10(3-5-12)13(15)19/h2-5,11H,6-9H2,1H3,(H2,15,19). The maximum Gasteiger partial charge on any atom is 0.230 e. The zero-order valence-corrected chi connectivity index (χ0v) is 11.8. The number of benzene rings is 1. The van der Waals surface area contributed by atoms with Crippen LogP contribution in [0.4, 0.5) is 5.69 Å². The minimum absolute atomic E-state index is 0.0639. The number of carbonyl (C=O) groups excluding carboxylic acids is 1. The summed E-state index contributed by atoms with van der Waals surface area (Å²) in [6.45, 7) is 1.34. The van der Waals surface area contributed by atoms with Gasteiger partial charge in [-0.15, -0.1) is 0 Å². The lowest BCUT2D eigenvalue weighted by Crippen LogP contribution is -2.35. The van der Waals surface area contributed by atoms with Crippen molar-refractivity contribution in [2.75, 3.05) is 25.2 Å². The van der Waals surface area contributed by atoms with Crippen LogP contribution in [0.25, 0.3) is 0 Å². The molecule has 0 aromatic heterocycles. The van der Waals surface area contributed by atoms with E-state index in [-0.39, 0.29) is 11.8 Å². The minimum Gasteiger partial charge on any atom is -0.389 e. The Kier molecular flexibility index (Phi) is 4.50. The third-order valence-electron chi connectivity index (χ3n) is 3.44. The van der Waals surface area contributed by atoms with Gasteiger partial charge >= 0.3 is 0 Å². The van der Waals surface area contributed by atoms with Gasteiger partial charge in [-0.3, -0.25) is 4.79 Å². The molecule has 102 valence electrons. The Morgan fingerprint density at radius 3 is 2.42 bits per heavy atom. The van der Waals surface area contributed by atoms with Crippen LogP contribution in [0.3, 0.4) is 0 Å². The zero-order chi connectivity index (χ0) is 13.8. The molecule has 1 saturated heterocycles. The average Bonchev–Trinajstić information content (AvgIpc) is 2.46. The van der Waals surface area contributed by atoms with Crippen LogP contribution in [0.5, 0.6) is 0 Å². The van der Waals surface area contributed by atoms with Crippen LogP contribution >= 0.6 is 12.2 Å². The highest BCUT2D eigenvalue weighted by Gasteiger charge is 2.25. The zero-order valence-electron chi connectivity index (χ0n) is 11.0. The summed E-state index contributed by atoms with van der Waals surface area (Å²) >= 11 is 4.91. The topological polar surface area (TPSA) is 55.6 Å². The summed E-state index contributed by atoms with van der Waals surface area (Å²) in [5.74, 6) is 0.209. The van der Waals surface area contributed by atoms with Crippen molar-refractivity contribution in [1.82, 2.24) is 0 Å². The summed E-state index contributed by atoms with van der Waals surface area (Å²) in [4.78, 5) is 14.4. The lowest BCUT2D eigenvalue weighted by molar-refractivity contribution is -0.124. The second-order valence-electron chi connectivity index (χ2n) is 4.70. The van der Waals surface area contributed by atoms with Crippen molar-refractivity contribution in [2.45, 2.75) is 12.8 Å². The number of anilines is 1. The number of hydrogen-bond acceptors (Lipinski definition) is 3. The molecule has 1 amide bonds. The number of ether oxygens (including phenoxy) is 1. The van der Waals surface area contributed by atoms with Crippen LogP contribution in [0.2, 0.25) is 0 Å². The van der Waals surface area contributed by atoms with Gasteiger partial charge in [0, 0.05) is 37.4 Å². The molecule has 0 spiro atoms. The van der Waals surface area contributed by atoms with Crippen molar-refractivity contribution in [3.63, 3.8) is 0 Å². The Hall–Kier alpha value is -1.46. The lowest BCUT2D eigenvalue weighted by Gasteiger charge is -2.26. The summed E-state index contributed by atoms with van der Waals surface area (Å²) in [6, 6.07) is 7.41. The molecule has 0 bridgehead atoms. The van der Waals surface area contributed by atoms with Gasteiger partial charge in [0.25, 0.3) is 0 Å². The van der Waals surface area contributed by atoms with E-state index in [1.165, 1.54) is 0 Å². The van der Waals surface area contributed by atoms with E-state index < -0.39 is 0 Å². The molecule has 1 heterocycles. The molecule has 1 aliphatic rings. The number of rotatable bonds is 3. The third-order valence-corrected chi connectivity index (χ3v) is 3.68. The summed E-state index contributed by atoms with van der Waals surface area (Å²) in [6.07, 6.45) is 1.60. The molecule has 19 heavy (non-hydrogen) atoms. The molecule has 5 heteroatoms. The fraction of sp³-hybridized carbons (Fsp3) is 0.429. The highest BCUT2D eigenvalue weighted by molar-refractivity contribution is 7.80. The van der Waals surface area contributed by atoms with Crippen molar-refractivity contribution in [2.24, 2.45) is 11.7 Å². The van der Waals surface area contributed by atoms with Gasteiger partial charge in [-0.2, -0.15) is 0 Å². The van der Waals surface area contributed by atoms with Gasteiger partial charge in [0.1, 0.15) is 4.99 Å². The quantitative estimate of drug-likeness (QED) is 0.855. The van der Waals surface area contributed by atoms with Crippen LogP contribution in [0.1, 0.15) is 18.4 Å². The van der Waals surface area contributed by atoms with Gasteiger partial charge < -0.3 is 15.4 Å². The average molecular weight is 278 g/mol. The number of nitrogens with two attached hydrogens (primary N) is 1. The molecular weight excluding hydrogens is 260 g/mol. The first-order chi connectivity index (χ1) is 9.09. The van der Waals surface area contributed by atoms with Gasteiger partial charge in [0.15, 0.2) is 0 Å². The maximum atomic E-state index is 12.3. The molecule has 2 N–H and O–H groups in total. The Labute approximate surface area is 118 Å². The second-order valence-corrected chi connectivity index (χ2v) is 5.13. The van der Waals surface area contributed by atoms with Gasteiger partial charge in [-0.25, -0.2) is 0 Å². The van der Waals surface area contributed by atoms with Crippen molar-refractivity contribution in [3.05, 3.63) is 29.8 Å². The predicted molar refractivity (Wildman–Crippen MR) is 79.3 cm³/mol. The van der Waals surface area contributed by atoms with Gasteiger partial charge in [0.2, 0.25) is 5.91 Å². The molecule has 0 aliphatic carbocycles. The fourth-order valence-corrected chi connectivity index (χ4v) is 2.33. The van der Waals surface area contributed by atoms with E-state index in [2.05, 4.69) is 0 Å². The molecule has 0 atom stereocenters. The van der Waals surface area contributed by atoms with E-state index in [0.717, 1.165) is 24.1 Å². The van der Waals surface area contributed by atoms with Crippen LogP contribution < -0.4 is 10.6 Å². The number of hydrogen-bond donors (Lipinski definition) is 1. The molecule has 1 fully saturated rings. The second kappa shape index (κ2) is 6.12. The molecular formula is C14H18N2O2S. The summed E-state index contributed by atoms with van der Waals surface area (Å²) < 4.78 is 5.28. The smallest absolute Gasteiger partial charge is 0.230 e. The molecule has 0 radical (unpaired) electrons. The minimum atomic E-state index is 0.0639. The van der Waals surface area contributed by atoms with E-state index in [4.69, 9.17) is 22.7 Å². The van der Waals surface area contributed by atoms with Crippen LogP contribution in [0, 0.1) is 5.92 Å². The van der Waals surface area contributed by atoms with Crippen LogP contribution in [0.15, 0.2) is 24.3 Å². The van der Waals surface area contributed by atoms with E-state index >= 15 is 0 Å². The van der Waals surface area contributed by atoms with Crippen LogP contribution in [-0.2, 0) is 9.53 Å². The van der Waals surface area contributed by atoms with E-state index in [1.807, 2.05) is 24.3 Å². The Morgan fingerprint density at radius 2 is 1.89 bits per heavy atom. The van der Waals surface area contributed by atoms with Crippen molar-refractivity contribution >= 4 is 28.8 Å². The normalized spacial score (nSPS) is 16.1. The molecule has 0 unspecified atom stereocenters. The number of nitrogens with zero attached hydrogens (tertiary/aromatic N) is 1. The lowest BCUT2D eigenvalue weighted by atomic mass is 9.98. The van der Waals surface area contributed by atoms with Crippen molar-refractivity contribution in [1.29, 1.82) is 0 Å². The number of thiocarbonyl (C=S) groups is 1. The van der Waals surface area contributed by atoms with Crippen molar-refractivity contribution in [3.8, 4) is 0 Å². The summed E-state index contributed by atoms with van der Waals surface area (Å²) in [5, 5.41) is 0. The fourth-order valence-electron chi connectivity index (χ4n) is 2.19. The predicted octanol–water partition coefficient (Wildman–Crippen LogP) is 1.71. The van der Waals surface area contributed by atoms with E-state index in [1.54, 1.807) is 11.9 Å². The van der Waals surface area contributed by atoms with Gasteiger partial charge in [-0.05, 0) is 37.1 Å². The van der Waals surface area contributed by atoms with Gasteiger partial charge in [0.05, 0.1) is 0 Å². The SMILES string of the molecule is CN(C(=O)C1CCOCC1)c1ccc(C(N)=S)cc1. The van der Waals surface area contributed by atoms with E-state index in [9.17, 15) is 4.79 Å². The maximum absolute atomic E-state index is 12.3. The largest absolute Gasteiger partial charge is 0.389 e. The van der Waals surface area contributed by atoms with Crippen molar-refractivity contribution < 1.29 is 9.53 Å². The number of amides is 1. The Bertz CT molecular complexity index is 467. The van der Waals surface area contributed by atoms with Crippen LogP contribution in [-0.4, -0.2) is 31.2 Å². The highest BCUT2D eigenvalue weighted by atomic mass is 32.1. The molecule has 4 nitrogen and oxygen atoms in total. The summed E-state index contributed by atoms with van der Waals surface area (Å²) in [5.41, 5.74) is 7.22. The van der Waals surface area contributed by atoms with Gasteiger partial charge in [-0.1, -0.05) is 12.2 Å².